The van der Waals surface area contributed by atoms with Gasteiger partial charge in [-0.2, -0.15) is 0 Å². The van der Waals surface area contributed by atoms with E-state index in [2.05, 4.69) is 37.5 Å². The van der Waals surface area contributed by atoms with Gasteiger partial charge < -0.3 is 14.2 Å². The number of imidazole rings is 1. The van der Waals surface area contributed by atoms with Crippen molar-refractivity contribution in [3.8, 4) is 0 Å². The number of ether oxygens (including phenoxy) is 1. The molecule has 2 heterocycles. The Kier molecular flexibility index (Phi) is 7.58. The number of carbonyl (C=O) groups excluding carboxylic acids is 1. The summed E-state index contributed by atoms with van der Waals surface area (Å²) in [6, 6.07) is 15.9. The number of aromatic nitrogens is 2. The Morgan fingerprint density at radius 2 is 1.71 bits per heavy atom. The van der Waals surface area contributed by atoms with Gasteiger partial charge in [-0.3, -0.25) is 4.79 Å². The van der Waals surface area contributed by atoms with Crippen LogP contribution in [0.25, 0.3) is 11.0 Å². The van der Waals surface area contributed by atoms with Crippen molar-refractivity contribution in [2.75, 3.05) is 13.1 Å². The van der Waals surface area contributed by atoms with Crippen LogP contribution in [0.2, 0.25) is 0 Å². The van der Waals surface area contributed by atoms with Crippen LogP contribution in [0.1, 0.15) is 81.0 Å². The molecule has 2 aromatic carbocycles. The Hall–Kier alpha value is -2.80. The summed E-state index contributed by atoms with van der Waals surface area (Å²) >= 11 is 0. The molecule has 0 radical (unpaired) electrons. The summed E-state index contributed by atoms with van der Waals surface area (Å²) in [5.41, 5.74) is 3.36. The lowest BCUT2D eigenvalue weighted by atomic mass is 9.86. The number of rotatable bonds is 6. The summed E-state index contributed by atoms with van der Waals surface area (Å²) in [6.07, 6.45) is 2.78. The van der Waals surface area contributed by atoms with Gasteiger partial charge in [-0.25, -0.2) is 13.8 Å². The number of hydrogen-bond donors (Lipinski definition) is 0. The summed E-state index contributed by atoms with van der Waals surface area (Å²) in [5, 5.41) is 0. The quantitative estimate of drug-likeness (QED) is 0.350. The number of alkyl halides is 2. The monoisotopic (exact) mass is 523 g/mol. The van der Waals surface area contributed by atoms with Crippen molar-refractivity contribution in [2.45, 2.75) is 89.9 Å². The van der Waals surface area contributed by atoms with E-state index < -0.39 is 5.92 Å². The van der Waals surface area contributed by atoms with Crippen molar-refractivity contribution in [1.29, 1.82) is 0 Å². The van der Waals surface area contributed by atoms with Crippen molar-refractivity contribution in [3.63, 3.8) is 0 Å². The van der Waals surface area contributed by atoms with Gasteiger partial charge in [0.05, 0.1) is 23.7 Å². The van der Waals surface area contributed by atoms with Crippen molar-refractivity contribution < 1.29 is 18.3 Å². The molecule has 1 aromatic heterocycles. The molecular weight excluding hydrogens is 484 g/mol. The third-order valence-corrected chi connectivity index (χ3v) is 8.00. The zero-order chi connectivity index (χ0) is 26.9. The van der Waals surface area contributed by atoms with E-state index in [-0.39, 0.29) is 36.2 Å². The highest BCUT2D eigenvalue weighted by Gasteiger charge is 2.36. The van der Waals surface area contributed by atoms with Crippen LogP contribution in [0.4, 0.5) is 8.78 Å². The second kappa shape index (κ2) is 10.8. The van der Waals surface area contributed by atoms with Crippen LogP contribution in [-0.4, -0.2) is 45.5 Å². The van der Waals surface area contributed by atoms with Gasteiger partial charge >= 0.3 is 0 Å². The summed E-state index contributed by atoms with van der Waals surface area (Å²) in [6.45, 7) is 8.98. The Morgan fingerprint density at radius 3 is 2.37 bits per heavy atom. The van der Waals surface area contributed by atoms with Crippen molar-refractivity contribution >= 4 is 16.9 Å². The molecule has 0 atom stereocenters. The molecular formula is C31H39F2N3O2. The molecule has 0 bridgehead atoms. The van der Waals surface area contributed by atoms with E-state index in [0.29, 0.717) is 44.6 Å². The van der Waals surface area contributed by atoms with Gasteiger partial charge in [0.25, 0.3) is 5.91 Å². The summed E-state index contributed by atoms with van der Waals surface area (Å²) in [4.78, 5) is 20.2. The average Bonchev–Trinajstić information content (AvgIpc) is 3.27. The normalized spacial score (nSPS) is 19.2. The van der Waals surface area contributed by atoms with Crippen LogP contribution in [0.3, 0.4) is 0 Å². The molecule has 0 unspecified atom stereocenters. The van der Waals surface area contributed by atoms with Gasteiger partial charge in [-0.1, -0.05) is 51.1 Å². The maximum Gasteiger partial charge on any atom is 0.253 e. The Labute approximate surface area is 224 Å². The molecule has 0 spiro atoms. The lowest BCUT2D eigenvalue weighted by Crippen LogP contribution is -2.40. The topological polar surface area (TPSA) is 47.4 Å². The van der Waals surface area contributed by atoms with Crippen molar-refractivity contribution in [3.05, 3.63) is 65.5 Å². The van der Waals surface area contributed by atoms with Gasteiger partial charge in [0, 0.05) is 43.5 Å². The number of hydrogen-bond acceptors (Lipinski definition) is 3. The summed E-state index contributed by atoms with van der Waals surface area (Å²) in [5.74, 6) is -1.36. The summed E-state index contributed by atoms with van der Waals surface area (Å²) in [7, 11) is 0. The van der Waals surface area contributed by atoms with Crippen LogP contribution < -0.4 is 0 Å². The van der Waals surface area contributed by atoms with Crippen LogP contribution >= 0.6 is 0 Å². The second-order valence-corrected chi connectivity index (χ2v) is 12.1. The predicted octanol–water partition coefficient (Wildman–Crippen LogP) is 6.98. The van der Waals surface area contributed by atoms with E-state index in [4.69, 9.17) is 9.72 Å². The molecule has 204 valence electrons. The molecule has 5 nitrogen and oxygen atoms in total. The first kappa shape index (κ1) is 26.8. The van der Waals surface area contributed by atoms with E-state index in [9.17, 15) is 13.6 Å². The number of likely N-dealkylation sites (tertiary alicyclic amines) is 1. The van der Waals surface area contributed by atoms with E-state index >= 15 is 0 Å². The molecule has 3 aromatic rings. The fraction of sp³-hybridized carbons (Fsp3) is 0.548. The highest BCUT2D eigenvalue weighted by molar-refractivity contribution is 5.97. The van der Waals surface area contributed by atoms with Crippen molar-refractivity contribution in [2.24, 2.45) is 5.92 Å². The molecule has 1 aliphatic heterocycles. The van der Waals surface area contributed by atoms with E-state index in [0.717, 1.165) is 35.3 Å². The first-order valence-corrected chi connectivity index (χ1v) is 13.9. The van der Waals surface area contributed by atoms with Crippen LogP contribution in [0.15, 0.2) is 48.5 Å². The first-order chi connectivity index (χ1) is 18.1. The number of halogens is 2. The van der Waals surface area contributed by atoms with E-state index in [1.165, 1.54) is 0 Å². The van der Waals surface area contributed by atoms with Gasteiger partial charge in [0.15, 0.2) is 0 Å². The molecule has 1 aliphatic carbocycles. The van der Waals surface area contributed by atoms with Crippen LogP contribution in [-0.2, 0) is 23.3 Å². The Balaban J connectivity index is 1.27. The Morgan fingerprint density at radius 1 is 1.03 bits per heavy atom. The number of nitrogens with zero attached hydrogens (tertiary/aromatic N) is 3. The smallest absolute Gasteiger partial charge is 0.253 e. The minimum Gasteiger partial charge on any atom is -0.373 e. The van der Waals surface area contributed by atoms with Crippen molar-refractivity contribution in [1.82, 2.24) is 14.5 Å². The maximum absolute atomic E-state index is 13.7. The molecule has 1 saturated heterocycles. The highest BCUT2D eigenvalue weighted by atomic mass is 19.3. The van der Waals surface area contributed by atoms with E-state index in [1.54, 1.807) is 0 Å². The molecule has 5 rings (SSSR count). The van der Waals surface area contributed by atoms with E-state index in [1.807, 2.05) is 41.3 Å². The van der Waals surface area contributed by atoms with Gasteiger partial charge in [-0.15, -0.1) is 0 Å². The van der Waals surface area contributed by atoms with Crippen LogP contribution in [0, 0.1) is 5.92 Å². The number of fused-ring (bicyclic) bond motifs is 1. The lowest BCUT2D eigenvalue weighted by molar-refractivity contribution is -0.0473. The maximum atomic E-state index is 13.7. The lowest BCUT2D eigenvalue weighted by Gasteiger charge is -2.32. The SMILES string of the molecule is CC(C)(C)c1nc2cc(C(=O)N3CCC(OCc4ccccc4)CC3)ccc2n1CC1CCC(F)(F)CC1. The highest BCUT2D eigenvalue weighted by Crippen LogP contribution is 2.38. The standard InChI is InChI=1S/C31H39F2N3O2/c1-30(2,3)29-34-26-19-24(9-10-27(26)36(29)20-22-11-15-31(32,33)16-12-22)28(37)35-17-13-25(14-18-35)38-21-23-7-5-4-6-8-23/h4-10,19,22,25H,11-18,20-21H2,1-3H3. The minimum absolute atomic E-state index is 0.0229. The molecule has 1 saturated carbocycles. The zero-order valence-electron chi connectivity index (χ0n) is 22.8. The van der Waals surface area contributed by atoms with Gasteiger partial charge in [0.1, 0.15) is 5.82 Å². The second-order valence-electron chi connectivity index (χ2n) is 12.1. The fourth-order valence-corrected chi connectivity index (χ4v) is 5.76. The molecule has 2 aliphatic rings. The number of piperidine rings is 1. The molecule has 38 heavy (non-hydrogen) atoms. The summed E-state index contributed by atoms with van der Waals surface area (Å²) < 4.78 is 35.7. The van der Waals surface area contributed by atoms with Gasteiger partial charge in [0.2, 0.25) is 5.92 Å². The number of carbonyl (C=O) groups is 1. The zero-order valence-corrected chi connectivity index (χ0v) is 22.8. The molecule has 2 fully saturated rings. The largest absolute Gasteiger partial charge is 0.373 e. The number of amides is 1. The molecule has 0 N–H and O–H groups in total. The number of benzene rings is 2. The Bertz CT molecular complexity index is 1250. The fourth-order valence-electron chi connectivity index (χ4n) is 5.76. The van der Waals surface area contributed by atoms with Crippen LogP contribution in [0.5, 0.6) is 0 Å². The minimum atomic E-state index is -2.53. The molecule has 7 heteroatoms. The molecule has 1 amide bonds. The average molecular weight is 524 g/mol. The van der Waals surface area contributed by atoms with Gasteiger partial charge in [-0.05, 0) is 55.4 Å². The third kappa shape index (κ3) is 6.09. The third-order valence-electron chi connectivity index (χ3n) is 8.00. The predicted molar refractivity (Wildman–Crippen MR) is 145 cm³/mol. The first-order valence-electron chi connectivity index (χ1n) is 13.9.